The molecule has 41 heavy (non-hydrogen) atoms. The number of rotatable bonds is 6. The second-order valence-electron chi connectivity index (χ2n) is 11.3. The predicted octanol–water partition coefficient (Wildman–Crippen LogP) is 4.45. The number of likely N-dealkylation sites (N-methyl/N-ethyl adjacent to an activating group) is 1. The Morgan fingerprint density at radius 1 is 0.927 bits per heavy atom. The fourth-order valence-corrected chi connectivity index (χ4v) is 7.05. The van der Waals surface area contributed by atoms with Crippen LogP contribution in [0.1, 0.15) is 17.2 Å². The van der Waals surface area contributed by atoms with E-state index in [-0.39, 0.29) is 17.5 Å². The molecule has 210 valence electrons. The highest BCUT2D eigenvalue weighted by atomic mass is 32.2. The van der Waals surface area contributed by atoms with Crippen LogP contribution in [0.3, 0.4) is 0 Å². The molecule has 5 heterocycles. The molecule has 2 aromatic carbocycles. The minimum atomic E-state index is -3.00. The summed E-state index contributed by atoms with van der Waals surface area (Å²) in [4.78, 5) is 14.0. The highest BCUT2D eigenvalue weighted by Gasteiger charge is 2.36. The Kier molecular flexibility index (Phi) is 6.49. The first-order chi connectivity index (χ1) is 19.8. The van der Waals surface area contributed by atoms with Gasteiger partial charge in [0.1, 0.15) is 17.8 Å². The SMILES string of the molecule is Cc1ccc(-c2nn(C3CS(=O)(=O)C3)cc2-c2ncnc3oc(-c4cccc(CN5CCN(C)CC5)c4)cc23)cc1. The number of aryl methyl sites for hydroxylation is 1. The minimum absolute atomic E-state index is 0.0982. The summed E-state index contributed by atoms with van der Waals surface area (Å²) in [6, 6.07) is 18.5. The lowest BCUT2D eigenvalue weighted by molar-refractivity contribution is 0.148. The molecule has 5 aromatic rings. The van der Waals surface area contributed by atoms with E-state index in [0.29, 0.717) is 11.4 Å². The molecule has 0 unspecified atom stereocenters. The highest BCUT2D eigenvalue weighted by molar-refractivity contribution is 7.92. The zero-order valence-corrected chi connectivity index (χ0v) is 24.0. The first kappa shape index (κ1) is 26.1. The summed E-state index contributed by atoms with van der Waals surface area (Å²) in [5.41, 5.74) is 7.13. The number of hydrogen-bond donors (Lipinski definition) is 0. The molecule has 0 bridgehead atoms. The molecule has 2 fully saturated rings. The molecule has 9 nitrogen and oxygen atoms in total. The second kappa shape index (κ2) is 10.2. The van der Waals surface area contributed by atoms with Crippen LogP contribution in [0.4, 0.5) is 0 Å². The molecule has 7 rings (SSSR count). The van der Waals surface area contributed by atoms with Crippen molar-refractivity contribution in [1.29, 1.82) is 0 Å². The van der Waals surface area contributed by atoms with E-state index in [2.05, 4.69) is 51.1 Å². The van der Waals surface area contributed by atoms with Crippen LogP contribution >= 0.6 is 0 Å². The average molecular weight is 569 g/mol. The Morgan fingerprint density at radius 2 is 1.71 bits per heavy atom. The molecule has 2 aliphatic rings. The van der Waals surface area contributed by atoms with Crippen LogP contribution in [0.25, 0.3) is 44.9 Å². The summed E-state index contributed by atoms with van der Waals surface area (Å²) < 4.78 is 31.9. The lowest BCUT2D eigenvalue weighted by Gasteiger charge is -2.32. The lowest BCUT2D eigenvalue weighted by Crippen LogP contribution is -2.43. The van der Waals surface area contributed by atoms with Crippen molar-refractivity contribution in [2.75, 3.05) is 44.7 Å². The van der Waals surface area contributed by atoms with Crippen LogP contribution in [0.5, 0.6) is 0 Å². The van der Waals surface area contributed by atoms with Crippen molar-refractivity contribution in [1.82, 2.24) is 29.5 Å². The predicted molar refractivity (Wildman–Crippen MR) is 159 cm³/mol. The van der Waals surface area contributed by atoms with E-state index >= 15 is 0 Å². The van der Waals surface area contributed by atoms with Crippen LogP contribution in [0.2, 0.25) is 0 Å². The molecule has 0 N–H and O–H groups in total. The van der Waals surface area contributed by atoms with Crippen LogP contribution in [0.15, 0.2) is 71.5 Å². The van der Waals surface area contributed by atoms with Crippen molar-refractivity contribution in [2.45, 2.75) is 19.5 Å². The number of sulfone groups is 1. The van der Waals surface area contributed by atoms with Crippen molar-refractivity contribution < 1.29 is 12.8 Å². The van der Waals surface area contributed by atoms with Gasteiger partial charge >= 0.3 is 0 Å². The molecule has 10 heteroatoms. The summed E-state index contributed by atoms with van der Waals surface area (Å²) >= 11 is 0. The fourth-order valence-electron chi connectivity index (χ4n) is 5.67. The van der Waals surface area contributed by atoms with Gasteiger partial charge in [-0.25, -0.2) is 18.4 Å². The van der Waals surface area contributed by atoms with Crippen molar-refractivity contribution in [3.8, 4) is 33.8 Å². The van der Waals surface area contributed by atoms with Gasteiger partial charge in [-0.15, -0.1) is 0 Å². The molecule has 0 saturated carbocycles. The summed E-state index contributed by atoms with van der Waals surface area (Å²) in [6.45, 7) is 7.25. The van der Waals surface area contributed by atoms with Gasteiger partial charge in [0.2, 0.25) is 5.71 Å². The number of nitrogens with zero attached hydrogens (tertiary/aromatic N) is 6. The van der Waals surface area contributed by atoms with Crippen molar-refractivity contribution in [2.24, 2.45) is 0 Å². The van der Waals surface area contributed by atoms with Gasteiger partial charge in [-0.05, 0) is 31.7 Å². The third-order valence-corrected chi connectivity index (χ3v) is 9.91. The van der Waals surface area contributed by atoms with Crippen LogP contribution in [-0.4, -0.2) is 82.7 Å². The zero-order valence-electron chi connectivity index (χ0n) is 23.2. The molecule has 0 spiro atoms. The number of aromatic nitrogens is 4. The van der Waals surface area contributed by atoms with E-state index in [9.17, 15) is 8.42 Å². The number of hydrogen-bond acceptors (Lipinski definition) is 8. The van der Waals surface area contributed by atoms with Gasteiger partial charge < -0.3 is 9.32 Å². The number of benzene rings is 2. The topological polar surface area (TPSA) is 97.4 Å². The van der Waals surface area contributed by atoms with E-state index < -0.39 is 9.84 Å². The second-order valence-corrected chi connectivity index (χ2v) is 13.5. The molecule has 2 saturated heterocycles. The van der Waals surface area contributed by atoms with Gasteiger partial charge in [-0.2, -0.15) is 5.10 Å². The molecule has 3 aromatic heterocycles. The third-order valence-electron chi connectivity index (χ3n) is 8.12. The first-order valence-electron chi connectivity index (χ1n) is 13.9. The first-order valence-corrected chi connectivity index (χ1v) is 15.8. The Balaban J connectivity index is 1.26. The van der Waals surface area contributed by atoms with Crippen LogP contribution < -0.4 is 0 Å². The van der Waals surface area contributed by atoms with E-state index in [1.807, 2.05) is 43.5 Å². The monoisotopic (exact) mass is 568 g/mol. The van der Waals surface area contributed by atoms with Crippen LogP contribution in [0, 0.1) is 6.92 Å². The lowest BCUT2D eigenvalue weighted by atomic mass is 10.0. The van der Waals surface area contributed by atoms with E-state index in [1.165, 1.54) is 11.9 Å². The van der Waals surface area contributed by atoms with Gasteiger partial charge in [0, 0.05) is 55.6 Å². The Labute approximate surface area is 239 Å². The summed E-state index contributed by atoms with van der Waals surface area (Å²) in [5.74, 6) is 0.929. The molecule has 0 amide bonds. The molecule has 0 radical (unpaired) electrons. The van der Waals surface area contributed by atoms with Crippen molar-refractivity contribution >= 4 is 20.9 Å². The summed E-state index contributed by atoms with van der Waals surface area (Å²) in [6.07, 6.45) is 3.43. The van der Waals surface area contributed by atoms with Gasteiger partial charge in [-0.1, -0.05) is 48.0 Å². The highest BCUT2D eigenvalue weighted by Crippen LogP contribution is 2.38. The largest absolute Gasteiger partial charge is 0.438 e. The number of piperazine rings is 1. The number of furan rings is 1. The maximum absolute atomic E-state index is 11.9. The molecular formula is C31H32N6O3S. The van der Waals surface area contributed by atoms with Gasteiger partial charge in [0.15, 0.2) is 9.84 Å². The van der Waals surface area contributed by atoms with Gasteiger partial charge in [0.05, 0.1) is 28.6 Å². The fraction of sp³-hybridized carbons (Fsp3) is 0.323. The summed E-state index contributed by atoms with van der Waals surface area (Å²) in [7, 11) is -0.832. The molecule has 0 aliphatic carbocycles. The maximum Gasteiger partial charge on any atom is 0.230 e. The molecule has 2 aliphatic heterocycles. The van der Waals surface area contributed by atoms with Gasteiger partial charge in [0.25, 0.3) is 0 Å². The zero-order chi connectivity index (χ0) is 28.1. The van der Waals surface area contributed by atoms with E-state index in [4.69, 9.17) is 9.52 Å². The molecule has 0 atom stereocenters. The number of fused-ring (bicyclic) bond motifs is 1. The smallest absolute Gasteiger partial charge is 0.230 e. The standard InChI is InChI=1S/C31H32N6O3S/c1-21-6-8-23(9-7-21)29-27(17-37(34-29)25-18-41(38,39)19-25)30-26-15-28(40-31(26)33-20-32-30)24-5-3-4-22(14-24)16-36-12-10-35(2)11-13-36/h3-9,14-15,17,20,25H,10-13,16,18-19H2,1-2H3. The summed E-state index contributed by atoms with van der Waals surface area (Å²) in [5, 5.41) is 5.66. The van der Waals surface area contributed by atoms with Crippen molar-refractivity contribution in [3.63, 3.8) is 0 Å². The quantitative estimate of drug-likeness (QED) is 0.297. The van der Waals surface area contributed by atoms with Gasteiger partial charge in [-0.3, -0.25) is 9.58 Å². The van der Waals surface area contributed by atoms with Crippen LogP contribution in [-0.2, 0) is 16.4 Å². The van der Waals surface area contributed by atoms with E-state index in [1.54, 1.807) is 4.68 Å². The Bertz CT molecular complexity index is 1820. The Morgan fingerprint density at radius 3 is 2.46 bits per heavy atom. The van der Waals surface area contributed by atoms with Crippen molar-refractivity contribution in [3.05, 3.63) is 78.2 Å². The Hall–Kier alpha value is -3.86. The van der Waals surface area contributed by atoms with E-state index in [0.717, 1.165) is 71.8 Å². The third kappa shape index (κ3) is 5.18. The maximum atomic E-state index is 11.9. The minimum Gasteiger partial charge on any atom is -0.438 e. The molecular weight excluding hydrogens is 536 g/mol. The normalized spacial score (nSPS) is 18.1. The average Bonchev–Trinajstić information content (AvgIpc) is 3.59.